The van der Waals surface area contributed by atoms with Crippen LogP contribution in [0.1, 0.15) is 16.9 Å². The van der Waals surface area contributed by atoms with E-state index in [1.54, 1.807) is 11.3 Å². The Morgan fingerprint density at radius 3 is 2.65 bits per heavy atom. The van der Waals surface area contributed by atoms with Gasteiger partial charge >= 0.3 is 0 Å². The van der Waals surface area contributed by atoms with Gasteiger partial charge in [0.25, 0.3) is 0 Å². The van der Waals surface area contributed by atoms with Gasteiger partial charge in [-0.2, -0.15) is 0 Å². The van der Waals surface area contributed by atoms with Crippen molar-refractivity contribution in [3.63, 3.8) is 0 Å². The lowest BCUT2D eigenvalue weighted by Crippen LogP contribution is -2.22. The van der Waals surface area contributed by atoms with Gasteiger partial charge in [0, 0.05) is 11.3 Å². The summed E-state index contributed by atoms with van der Waals surface area (Å²) in [7, 11) is 0. The number of amides is 1. The number of aryl methyl sites for hydroxylation is 1. The summed E-state index contributed by atoms with van der Waals surface area (Å²) in [5, 5.41) is 4.95. The van der Waals surface area contributed by atoms with Crippen molar-refractivity contribution in [3.05, 3.63) is 58.3 Å². The van der Waals surface area contributed by atoms with Crippen molar-refractivity contribution >= 4 is 17.2 Å². The quantitative estimate of drug-likeness (QED) is 0.862. The fourth-order valence-corrected chi connectivity index (χ4v) is 2.23. The minimum Gasteiger partial charge on any atom is -0.351 e. The fraction of sp³-hybridized carbons (Fsp3) is 0.214. The Labute approximate surface area is 105 Å². The van der Waals surface area contributed by atoms with Crippen molar-refractivity contribution < 1.29 is 4.79 Å². The van der Waals surface area contributed by atoms with E-state index >= 15 is 0 Å². The molecule has 2 nitrogen and oxygen atoms in total. The normalized spacial score (nSPS) is 10.1. The Kier molecular flexibility index (Phi) is 4.33. The molecule has 88 valence electrons. The first-order valence-electron chi connectivity index (χ1n) is 5.67. The minimum absolute atomic E-state index is 0.113. The van der Waals surface area contributed by atoms with Gasteiger partial charge in [-0.25, -0.2) is 0 Å². The zero-order valence-corrected chi connectivity index (χ0v) is 10.4. The monoisotopic (exact) mass is 245 g/mol. The van der Waals surface area contributed by atoms with Crippen LogP contribution in [0.4, 0.5) is 0 Å². The number of carbonyl (C=O) groups is 1. The van der Waals surface area contributed by atoms with Crippen LogP contribution in [0.2, 0.25) is 0 Å². The Morgan fingerprint density at radius 2 is 1.94 bits per heavy atom. The molecule has 0 fully saturated rings. The molecule has 0 atom stereocenters. The van der Waals surface area contributed by atoms with E-state index in [0.29, 0.717) is 13.0 Å². The van der Waals surface area contributed by atoms with E-state index in [4.69, 9.17) is 0 Å². The molecule has 1 heterocycles. The summed E-state index contributed by atoms with van der Waals surface area (Å²) in [5.74, 6) is 0.113. The van der Waals surface area contributed by atoms with Gasteiger partial charge in [-0.1, -0.05) is 36.4 Å². The topological polar surface area (TPSA) is 29.1 Å². The van der Waals surface area contributed by atoms with Crippen molar-refractivity contribution in [2.45, 2.75) is 19.4 Å². The minimum atomic E-state index is 0.113. The van der Waals surface area contributed by atoms with E-state index in [9.17, 15) is 4.79 Å². The standard InChI is InChI=1S/C14H15NOS/c16-14(15-11-13-7-4-10-17-13)9-8-12-5-2-1-3-6-12/h1-7,10H,8-9,11H2,(H,15,16). The van der Waals surface area contributed by atoms with Crippen LogP contribution in [0.5, 0.6) is 0 Å². The summed E-state index contributed by atoms with van der Waals surface area (Å²) < 4.78 is 0. The highest BCUT2D eigenvalue weighted by molar-refractivity contribution is 7.09. The molecule has 0 spiro atoms. The largest absolute Gasteiger partial charge is 0.351 e. The van der Waals surface area contributed by atoms with E-state index in [0.717, 1.165) is 6.42 Å². The van der Waals surface area contributed by atoms with E-state index in [1.165, 1.54) is 10.4 Å². The third-order valence-corrected chi connectivity index (χ3v) is 3.40. The molecule has 0 aliphatic carbocycles. The van der Waals surface area contributed by atoms with Crippen molar-refractivity contribution in [2.24, 2.45) is 0 Å². The first-order chi connectivity index (χ1) is 8.34. The molecule has 1 aromatic heterocycles. The highest BCUT2D eigenvalue weighted by atomic mass is 32.1. The van der Waals surface area contributed by atoms with E-state index in [1.807, 2.05) is 47.8 Å². The van der Waals surface area contributed by atoms with E-state index in [2.05, 4.69) is 5.32 Å². The highest BCUT2D eigenvalue weighted by Crippen LogP contribution is 2.08. The van der Waals surface area contributed by atoms with Gasteiger partial charge in [-0.05, 0) is 23.4 Å². The van der Waals surface area contributed by atoms with Crippen molar-refractivity contribution in [1.29, 1.82) is 0 Å². The fourth-order valence-electron chi connectivity index (χ4n) is 1.59. The average molecular weight is 245 g/mol. The van der Waals surface area contributed by atoms with Crippen molar-refractivity contribution in [2.75, 3.05) is 0 Å². The molecule has 17 heavy (non-hydrogen) atoms. The molecule has 1 N–H and O–H groups in total. The third kappa shape index (κ3) is 4.04. The molecule has 0 unspecified atom stereocenters. The van der Waals surface area contributed by atoms with Gasteiger partial charge in [-0.15, -0.1) is 11.3 Å². The lowest BCUT2D eigenvalue weighted by molar-refractivity contribution is -0.121. The maximum Gasteiger partial charge on any atom is 0.220 e. The molecule has 2 aromatic rings. The first-order valence-corrected chi connectivity index (χ1v) is 6.55. The van der Waals surface area contributed by atoms with Gasteiger partial charge in [0.1, 0.15) is 0 Å². The molecule has 1 aromatic carbocycles. The van der Waals surface area contributed by atoms with Crippen LogP contribution in [0.25, 0.3) is 0 Å². The number of hydrogen-bond donors (Lipinski definition) is 1. The molecule has 0 saturated heterocycles. The third-order valence-electron chi connectivity index (χ3n) is 2.52. The molecule has 3 heteroatoms. The summed E-state index contributed by atoms with van der Waals surface area (Å²) in [6, 6.07) is 14.1. The Bertz CT molecular complexity index is 450. The number of rotatable bonds is 5. The lowest BCUT2D eigenvalue weighted by Gasteiger charge is -2.03. The zero-order valence-electron chi connectivity index (χ0n) is 9.56. The number of nitrogens with one attached hydrogen (secondary N) is 1. The van der Waals surface area contributed by atoms with E-state index < -0.39 is 0 Å². The second-order valence-electron chi connectivity index (χ2n) is 3.84. The molecule has 1 amide bonds. The van der Waals surface area contributed by atoms with Gasteiger partial charge in [-0.3, -0.25) is 4.79 Å². The highest BCUT2D eigenvalue weighted by Gasteiger charge is 2.02. The van der Waals surface area contributed by atoms with Crippen LogP contribution >= 0.6 is 11.3 Å². The summed E-state index contributed by atoms with van der Waals surface area (Å²) in [5.41, 5.74) is 1.21. The van der Waals surface area contributed by atoms with Gasteiger partial charge in [0.05, 0.1) is 6.54 Å². The van der Waals surface area contributed by atoms with Gasteiger partial charge in [0.15, 0.2) is 0 Å². The van der Waals surface area contributed by atoms with Crippen LogP contribution in [0.15, 0.2) is 47.8 Å². The summed E-state index contributed by atoms with van der Waals surface area (Å²) >= 11 is 1.66. The summed E-state index contributed by atoms with van der Waals surface area (Å²) in [6.45, 7) is 0.644. The second kappa shape index (κ2) is 6.21. The van der Waals surface area contributed by atoms with Crippen molar-refractivity contribution in [1.82, 2.24) is 5.32 Å². The number of carbonyl (C=O) groups excluding carboxylic acids is 1. The van der Waals surface area contributed by atoms with Crippen molar-refractivity contribution in [3.8, 4) is 0 Å². The van der Waals surface area contributed by atoms with Crippen LogP contribution in [-0.4, -0.2) is 5.91 Å². The molecular weight excluding hydrogens is 230 g/mol. The number of thiophene rings is 1. The predicted molar refractivity (Wildman–Crippen MR) is 70.9 cm³/mol. The molecule has 0 aliphatic rings. The van der Waals surface area contributed by atoms with E-state index in [-0.39, 0.29) is 5.91 Å². The molecule has 0 radical (unpaired) electrons. The van der Waals surface area contributed by atoms with Gasteiger partial charge in [0.2, 0.25) is 5.91 Å². The molecule has 0 aliphatic heterocycles. The summed E-state index contributed by atoms with van der Waals surface area (Å²) in [6.07, 6.45) is 1.35. The maximum absolute atomic E-state index is 11.6. The molecular formula is C14H15NOS. The van der Waals surface area contributed by atoms with Gasteiger partial charge < -0.3 is 5.32 Å². The molecule has 2 rings (SSSR count). The van der Waals surface area contributed by atoms with Crippen LogP contribution in [0.3, 0.4) is 0 Å². The SMILES string of the molecule is O=C(CCc1ccccc1)NCc1cccs1. The zero-order chi connectivity index (χ0) is 11.9. The lowest BCUT2D eigenvalue weighted by atomic mass is 10.1. The molecule has 0 saturated carbocycles. The van der Waals surface area contributed by atoms with Crippen LogP contribution < -0.4 is 5.32 Å². The van der Waals surface area contributed by atoms with Crippen LogP contribution in [0, 0.1) is 0 Å². The summed E-state index contributed by atoms with van der Waals surface area (Å²) in [4.78, 5) is 12.8. The predicted octanol–water partition coefficient (Wildman–Crippen LogP) is 3.00. The average Bonchev–Trinajstić information content (AvgIpc) is 2.88. The maximum atomic E-state index is 11.6. The van der Waals surface area contributed by atoms with Crippen LogP contribution in [-0.2, 0) is 17.8 Å². The Hall–Kier alpha value is -1.61. The second-order valence-corrected chi connectivity index (χ2v) is 4.87. The Balaban J connectivity index is 1.71. The number of hydrogen-bond acceptors (Lipinski definition) is 2. The molecule has 0 bridgehead atoms. The Morgan fingerprint density at radius 1 is 1.12 bits per heavy atom. The number of benzene rings is 1. The first kappa shape index (κ1) is 11.9. The smallest absolute Gasteiger partial charge is 0.220 e.